The van der Waals surface area contributed by atoms with Gasteiger partial charge in [-0.2, -0.15) is 0 Å². The molecule has 8 heteroatoms. The van der Waals surface area contributed by atoms with Crippen molar-refractivity contribution in [2.24, 2.45) is 5.92 Å². The Balaban J connectivity index is 1.42. The maximum absolute atomic E-state index is 12.6. The molecule has 0 aliphatic carbocycles. The number of anilines is 2. The molecule has 0 bridgehead atoms. The second-order valence-corrected chi connectivity index (χ2v) is 7.73. The molecule has 1 N–H and O–H groups in total. The van der Waals surface area contributed by atoms with E-state index >= 15 is 0 Å². The van der Waals surface area contributed by atoms with Crippen molar-refractivity contribution in [2.75, 3.05) is 23.3 Å². The van der Waals surface area contributed by atoms with Crippen molar-refractivity contribution in [2.45, 2.75) is 19.8 Å². The van der Waals surface area contributed by atoms with E-state index in [0.717, 1.165) is 41.5 Å². The van der Waals surface area contributed by atoms with Gasteiger partial charge in [0.05, 0.1) is 11.6 Å². The Bertz CT molecular complexity index is 911. The number of rotatable bonds is 4. The van der Waals surface area contributed by atoms with Gasteiger partial charge in [-0.15, -0.1) is 20.4 Å². The molecule has 1 saturated heterocycles. The van der Waals surface area contributed by atoms with Gasteiger partial charge in [-0.3, -0.25) is 4.79 Å². The van der Waals surface area contributed by atoms with Crippen molar-refractivity contribution in [3.8, 4) is 11.3 Å². The van der Waals surface area contributed by atoms with Gasteiger partial charge in [0.15, 0.2) is 5.82 Å². The maximum Gasteiger partial charge on any atom is 0.231 e. The van der Waals surface area contributed by atoms with Gasteiger partial charge in [-0.05, 0) is 31.9 Å². The number of piperidine rings is 1. The molecule has 3 heterocycles. The average molecular weight is 380 g/mol. The van der Waals surface area contributed by atoms with Crippen molar-refractivity contribution in [1.82, 2.24) is 20.4 Å². The van der Waals surface area contributed by atoms with E-state index in [4.69, 9.17) is 0 Å². The Kier molecular flexibility index (Phi) is 5.06. The second-order valence-electron chi connectivity index (χ2n) is 6.54. The topological polar surface area (TPSA) is 83.9 Å². The minimum absolute atomic E-state index is 0.00952. The number of aryl methyl sites for hydroxylation is 1. The first-order valence-corrected chi connectivity index (χ1v) is 9.76. The van der Waals surface area contributed by atoms with Gasteiger partial charge in [0.2, 0.25) is 11.0 Å². The van der Waals surface area contributed by atoms with Crippen LogP contribution in [0.1, 0.15) is 17.8 Å². The van der Waals surface area contributed by atoms with Crippen molar-refractivity contribution in [3.63, 3.8) is 0 Å². The van der Waals surface area contributed by atoms with E-state index in [1.807, 2.05) is 49.4 Å². The van der Waals surface area contributed by atoms with Crippen molar-refractivity contribution < 1.29 is 4.79 Å². The molecule has 1 atom stereocenters. The van der Waals surface area contributed by atoms with Gasteiger partial charge in [0.25, 0.3) is 0 Å². The molecule has 0 radical (unpaired) electrons. The summed E-state index contributed by atoms with van der Waals surface area (Å²) in [6.07, 6.45) is 1.80. The van der Waals surface area contributed by atoms with Crippen LogP contribution in [0, 0.1) is 12.8 Å². The van der Waals surface area contributed by atoms with E-state index in [0.29, 0.717) is 11.7 Å². The van der Waals surface area contributed by atoms with Gasteiger partial charge in [0, 0.05) is 18.7 Å². The van der Waals surface area contributed by atoms with Crippen LogP contribution in [0.25, 0.3) is 11.3 Å². The number of benzene rings is 1. The third kappa shape index (κ3) is 4.11. The fourth-order valence-electron chi connectivity index (χ4n) is 3.21. The van der Waals surface area contributed by atoms with Crippen LogP contribution >= 0.6 is 11.3 Å². The Labute approximate surface area is 161 Å². The normalized spacial score (nSPS) is 16.9. The molecule has 3 aromatic rings. The number of amides is 1. The average Bonchev–Trinajstić information content (AvgIpc) is 3.13. The second kappa shape index (κ2) is 7.79. The molecular weight excluding hydrogens is 360 g/mol. The van der Waals surface area contributed by atoms with Crippen molar-refractivity contribution in [1.29, 1.82) is 0 Å². The van der Waals surface area contributed by atoms with E-state index in [1.54, 1.807) is 0 Å². The van der Waals surface area contributed by atoms with E-state index in [9.17, 15) is 4.79 Å². The molecule has 4 rings (SSSR count). The lowest BCUT2D eigenvalue weighted by atomic mass is 9.97. The molecule has 27 heavy (non-hydrogen) atoms. The number of carbonyl (C=O) groups excluding carboxylic acids is 1. The molecule has 2 aromatic heterocycles. The van der Waals surface area contributed by atoms with Gasteiger partial charge in [-0.25, -0.2) is 0 Å². The number of nitrogens with zero attached hydrogens (tertiary/aromatic N) is 5. The lowest BCUT2D eigenvalue weighted by Gasteiger charge is -2.32. The van der Waals surface area contributed by atoms with E-state index < -0.39 is 0 Å². The highest BCUT2D eigenvalue weighted by Gasteiger charge is 2.27. The Morgan fingerprint density at radius 2 is 1.96 bits per heavy atom. The predicted octanol–water partition coefficient (Wildman–Crippen LogP) is 3.16. The first-order chi connectivity index (χ1) is 13.2. The molecule has 7 nitrogen and oxygen atoms in total. The summed E-state index contributed by atoms with van der Waals surface area (Å²) in [6, 6.07) is 13.9. The van der Waals surface area contributed by atoms with Crippen LogP contribution in [0.4, 0.5) is 10.9 Å². The molecule has 1 aliphatic rings. The summed E-state index contributed by atoms with van der Waals surface area (Å²) < 4.78 is 0. The molecule has 0 unspecified atom stereocenters. The fourth-order valence-corrected chi connectivity index (χ4v) is 3.81. The summed E-state index contributed by atoms with van der Waals surface area (Å²) >= 11 is 1.39. The molecule has 0 spiro atoms. The van der Waals surface area contributed by atoms with Crippen LogP contribution in [0.5, 0.6) is 0 Å². The van der Waals surface area contributed by atoms with Crippen LogP contribution < -0.4 is 10.2 Å². The van der Waals surface area contributed by atoms with Crippen LogP contribution in [0.15, 0.2) is 42.5 Å². The zero-order chi connectivity index (χ0) is 18.6. The first kappa shape index (κ1) is 17.5. The van der Waals surface area contributed by atoms with Crippen molar-refractivity contribution >= 4 is 28.2 Å². The minimum Gasteiger partial charge on any atom is -0.354 e. The van der Waals surface area contributed by atoms with Gasteiger partial charge in [0.1, 0.15) is 5.01 Å². The summed E-state index contributed by atoms with van der Waals surface area (Å²) in [5, 5.41) is 20.9. The lowest BCUT2D eigenvalue weighted by Crippen LogP contribution is -2.41. The van der Waals surface area contributed by atoms with Crippen LogP contribution in [0.2, 0.25) is 0 Å². The fraction of sp³-hybridized carbons (Fsp3) is 0.316. The van der Waals surface area contributed by atoms with Crippen molar-refractivity contribution in [3.05, 3.63) is 47.5 Å². The summed E-state index contributed by atoms with van der Waals surface area (Å²) in [5.41, 5.74) is 1.89. The van der Waals surface area contributed by atoms with Gasteiger partial charge < -0.3 is 10.2 Å². The molecule has 1 aliphatic heterocycles. The monoisotopic (exact) mass is 380 g/mol. The largest absolute Gasteiger partial charge is 0.354 e. The number of hydrogen-bond acceptors (Lipinski definition) is 7. The zero-order valence-corrected chi connectivity index (χ0v) is 15.8. The molecule has 1 fully saturated rings. The van der Waals surface area contributed by atoms with Crippen LogP contribution in [0.3, 0.4) is 0 Å². The maximum atomic E-state index is 12.6. The third-order valence-corrected chi connectivity index (χ3v) is 5.35. The van der Waals surface area contributed by atoms with Crippen LogP contribution in [-0.2, 0) is 4.79 Å². The summed E-state index contributed by atoms with van der Waals surface area (Å²) in [5.74, 6) is 0.696. The first-order valence-electron chi connectivity index (χ1n) is 8.94. The van der Waals surface area contributed by atoms with E-state index in [2.05, 4.69) is 30.6 Å². The SMILES string of the molecule is Cc1nnc(NC(=O)[C@H]2CCCN(c3ccc(-c4ccccc4)nn3)C2)s1. The molecule has 1 aromatic carbocycles. The van der Waals surface area contributed by atoms with Gasteiger partial charge >= 0.3 is 0 Å². The molecule has 138 valence electrons. The Hall–Kier alpha value is -2.87. The highest BCUT2D eigenvalue weighted by molar-refractivity contribution is 7.15. The highest BCUT2D eigenvalue weighted by atomic mass is 32.1. The molecular formula is C19H20N6OS. The molecule has 0 saturated carbocycles. The third-order valence-electron chi connectivity index (χ3n) is 4.59. The predicted molar refractivity (Wildman–Crippen MR) is 106 cm³/mol. The van der Waals surface area contributed by atoms with E-state index in [1.165, 1.54) is 11.3 Å². The van der Waals surface area contributed by atoms with E-state index in [-0.39, 0.29) is 11.8 Å². The standard InChI is InChI=1S/C19H20N6OS/c1-13-21-24-19(27-13)20-18(26)15-8-5-11-25(12-15)17-10-9-16(22-23-17)14-6-3-2-4-7-14/h2-4,6-7,9-10,15H,5,8,11-12H2,1H3,(H,20,24,26)/t15-/m0/s1. The zero-order valence-electron chi connectivity index (χ0n) is 15.0. The summed E-state index contributed by atoms with van der Waals surface area (Å²) in [7, 11) is 0. The smallest absolute Gasteiger partial charge is 0.231 e. The summed E-state index contributed by atoms with van der Waals surface area (Å²) in [4.78, 5) is 14.7. The lowest BCUT2D eigenvalue weighted by molar-refractivity contribution is -0.120. The van der Waals surface area contributed by atoms with Crippen LogP contribution in [-0.4, -0.2) is 39.4 Å². The summed E-state index contributed by atoms with van der Waals surface area (Å²) in [6.45, 7) is 3.37. The Morgan fingerprint density at radius 1 is 1.11 bits per heavy atom. The minimum atomic E-state index is -0.0986. The highest BCUT2D eigenvalue weighted by Crippen LogP contribution is 2.24. The number of hydrogen-bond donors (Lipinski definition) is 1. The Morgan fingerprint density at radius 3 is 2.67 bits per heavy atom. The number of aromatic nitrogens is 4. The molecule has 1 amide bonds. The van der Waals surface area contributed by atoms with Gasteiger partial charge in [-0.1, -0.05) is 41.7 Å². The number of carbonyl (C=O) groups is 1. The number of nitrogens with one attached hydrogen (secondary N) is 1. The quantitative estimate of drug-likeness (QED) is 0.748.